The monoisotopic (exact) mass is 300 g/mol. The van der Waals surface area contributed by atoms with Crippen molar-refractivity contribution in [3.8, 4) is 0 Å². The van der Waals surface area contributed by atoms with Gasteiger partial charge in [-0.1, -0.05) is 0 Å². The first kappa shape index (κ1) is 14.4. The van der Waals surface area contributed by atoms with E-state index in [1.54, 1.807) is 0 Å². The minimum Gasteiger partial charge on any atom is -0.378 e. The quantitative estimate of drug-likeness (QED) is 0.896. The zero-order valence-electron chi connectivity index (χ0n) is 11.5. The van der Waals surface area contributed by atoms with Gasteiger partial charge in [-0.2, -0.15) is 13.9 Å². The van der Waals surface area contributed by atoms with Crippen LogP contribution in [-0.4, -0.2) is 59.0 Å². The van der Waals surface area contributed by atoms with Gasteiger partial charge in [0.25, 0.3) is 5.91 Å². The molecule has 2 saturated heterocycles. The predicted octanol–water partition coefficient (Wildman–Crippen LogP) is 0.871. The molecule has 21 heavy (non-hydrogen) atoms. The average molecular weight is 300 g/mol. The van der Waals surface area contributed by atoms with E-state index < -0.39 is 12.5 Å². The van der Waals surface area contributed by atoms with Gasteiger partial charge in [0.15, 0.2) is 0 Å². The SMILES string of the molecule is O=C(N[C@H]1COC[C@@H]1N1CCCC1)c1ccn(C(F)F)n1. The Bertz CT molecular complexity index is 502. The molecule has 8 heteroatoms. The van der Waals surface area contributed by atoms with Crippen LogP contribution >= 0.6 is 0 Å². The van der Waals surface area contributed by atoms with Crippen molar-refractivity contribution in [2.45, 2.75) is 31.5 Å². The van der Waals surface area contributed by atoms with Crippen LogP contribution in [0.5, 0.6) is 0 Å². The van der Waals surface area contributed by atoms with Gasteiger partial charge in [0, 0.05) is 6.20 Å². The Morgan fingerprint density at radius 2 is 2.14 bits per heavy atom. The molecule has 0 aromatic carbocycles. The van der Waals surface area contributed by atoms with Gasteiger partial charge in [0.05, 0.1) is 25.3 Å². The number of aromatic nitrogens is 2. The highest BCUT2D eigenvalue weighted by Crippen LogP contribution is 2.19. The van der Waals surface area contributed by atoms with Gasteiger partial charge < -0.3 is 10.1 Å². The lowest BCUT2D eigenvalue weighted by Gasteiger charge is -2.27. The highest BCUT2D eigenvalue weighted by molar-refractivity contribution is 5.92. The Balaban J connectivity index is 1.62. The van der Waals surface area contributed by atoms with E-state index in [9.17, 15) is 13.6 Å². The second kappa shape index (κ2) is 6.07. The van der Waals surface area contributed by atoms with Crippen LogP contribution in [0.1, 0.15) is 29.9 Å². The number of hydrogen-bond acceptors (Lipinski definition) is 4. The molecule has 1 amide bonds. The van der Waals surface area contributed by atoms with E-state index in [1.807, 2.05) is 0 Å². The Labute approximate surface area is 121 Å². The number of rotatable bonds is 4. The zero-order chi connectivity index (χ0) is 14.8. The molecule has 1 aromatic rings. The number of nitrogens with zero attached hydrogens (tertiary/aromatic N) is 3. The number of amides is 1. The van der Waals surface area contributed by atoms with Crippen LogP contribution in [0, 0.1) is 0 Å². The molecule has 0 saturated carbocycles. The molecule has 0 spiro atoms. The molecular weight excluding hydrogens is 282 g/mol. The van der Waals surface area contributed by atoms with Crippen LogP contribution in [0.4, 0.5) is 8.78 Å². The maximum absolute atomic E-state index is 12.5. The number of halogens is 2. The molecule has 1 N–H and O–H groups in total. The largest absolute Gasteiger partial charge is 0.378 e. The highest BCUT2D eigenvalue weighted by Gasteiger charge is 2.35. The fraction of sp³-hybridized carbons (Fsp3) is 0.692. The molecular formula is C13H18F2N4O2. The first-order valence-electron chi connectivity index (χ1n) is 7.11. The number of hydrogen-bond donors (Lipinski definition) is 1. The van der Waals surface area contributed by atoms with Crippen molar-refractivity contribution < 1.29 is 18.3 Å². The predicted molar refractivity (Wildman–Crippen MR) is 70.1 cm³/mol. The lowest BCUT2D eigenvalue weighted by molar-refractivity contribution is 0.0559. The van der Waals surface area contributed by atoms with Gasteiger partial charge in [-0.25, -0.2) is 4.68 Å². The Kier molecular flexibility index (Phi) is 4.16. The summed E-state index contributed by atoms with van der Waals surface area (Å²) in [6.45, 7) is 0.332. The lowest BCUT2D eigenvalue weighted by atomic mass is 10.1. The molecule has 0 radical (unpaired) electrons. The van der Waals surface area contributed by atoms with Gasteiger partial charge in [-0.15, -0.1) is 0 Å². The van der Waals surface area contributed by atoms with E-state index >= 15 is 0 Å². The minimum absolute atomic E-state index is 0.00220. The van der Waals surface area contributed by atoms with E-state index in [0.29, 0.717) is 17.9 Å². The molecule has 1 aromatic heterocycles. The van der Waals surface area contributed by atoms with Crippen molar-refractivity contribution in [3.05, 3.63) is 18.0 Å². The number of carbonyl (C=O) groups excluding carboxylic acids is 1. The Morgan fingerprint density at radius 1 is 1.38 bits per heavy atom. The van der Waals surface area contributed by atoms with E-state index in [4.69, 9.17) is 4.74 Å². The highest BCUT2D eigenvalue weighted by atomic mass is 19.3. The second-order valence-corrected chi connectivity index (χ2v) is 5.39. The third kappa shape index (κ3) is 3.06. The summed E-state index contributed by atoms with van der Waals surface area (Å²) >= 11 is 0. The maximum Gasteiger partial charge on any atom is 0.333 e. The fourth-order valence-electron chi connectivity index (χ4n) is 2.92. The smallest absolute Gasteiger partial charge is 0.333 e. The van der Waals surface area contributed by atoms with Crippen LogP contribution in [0.3, 0.4) is 0 Å². The van der Waals surface area contributed by atoms with Crippen LogP contribution < -0.4 is 5.32 Å². The van der Waals surface area contributed by atoms with Crippen molar-refractivity contribution in [2.75, 3.05) is 26.3 Å². The summed E-state index contributed by atoms with van der Waals surface area (Å²) in [5.41, 5.74) is 0.00220. The first-order valence-corrected chi connectivity index (χ1v) is 7.11. The summed E-state index contributed by atoms with van der Waals surface area (Å²) in [6.07, 6.45) is 3.43. The van der Waals surface area contributed by atoms with Gasteiger partial charge in [-0.3, -0.25) is 9.69 Å². The topological polar surface area (TPSA) is 59.4 Å². The van der Waals surface area contributed by atoms with Gasteiger partial charge >= 0.3 is 6.55 Å². The third-order valence-electron chi connectivity index (χ3n) is 4.02. The van der Waals surface area contributed by atoms with Crippen LogP contribution in [0.2, 0.25) is 0 Å². The first-order chi connectivity index (χ1) is 10.1. The van der Waals surface area contributed by atoms with E-state index in [-0.39, 0.29) is 17.8 Å². The molecule has 0 unspecified atom stereocenters. The molecule has 116 valence electrons. The van der Waals surface area contributed by atoms with Crippen molar-refractivity contribution in [1.29, 1.82) is 0 Å². The number of alkyl halides is 2. The molecule has 2 aliphatic heterocycles. The molecule has 0 bridgehead atoms. The molecule has 3 rings (SSSR count). The Hall–Kier alpha value is -1.54. The summed E-state index contributed by atoms with van der Waals surface area (Å²) < 4.78 is 30.8. The number of nitrogens with one attached hydrogen (secondary N) is 1. The minimum atomic E-state index is -2.74. The van der Waals surface area contributed by atoms with Crippen molar-refractivity contribution in [3.63, 3.8) is 0 Å². The van der Waals surface area contributed by atoms with Crippen LogP contribution in [0.15, 0.2) is 12.3 Å². The van der Waals surface area contributed by atoms with E-state index in [2.05, 4.69) is 15.3 Å². The normalized spacial score (nSPS) is 26.6. The van der Waals surface area contributed by atoms with Crippen molar-refractivity contribution in [1.82, 2.24) is 20.0 Å². The molecule has 2 fully saturated rings. The summed E-state index contributed by atoms with van der Waals surface area (Å²) in [5.74, 6) is -0.436. The molecule has 6 nitrogen and oxygen atoms in total. The molecule has 0 aliphatic carbocycles. The number of ether oxygens (including phenoxy) is 1. The number of likely N-dealkylation sites (tertiary alicyclic amines) is 1. The van der Waals surface area contributed by atoms with Crippen molar-refractivity contribution in [2.24, 2.45) is 0 Å². The van der Waals surface area contributed by atoms with Crippen molar-refractivity contribution >= 4 is 5.91 Å². The van der Waals surface area contributed by atoms with Gasteiger partial charge in [-0.05, 0) is 32.0 Å². The zero-order valence-corrected chi connectivity index (χ0v) is 11.5. The van der Waals surface area contributed by atoms with Gasteiger partial charge in [0.1, 0.15) is 5.69 Å². The molecule has 2 atom stereocenters. The van der Waals surface area contributed by atoms with Gasteiger partial charge in [0.2, 0.25) is 0 Å². The standard InChI is InChI=1S/C13H18F2N4O2/c14-13(15)19-6-3-9(17-19)12(20)16-10-7-21-8-11(10)18-4-1-2-5-18/h3,6,10-11,13H,1-2,4-5,7-8H2,(H,16,20)/t10-,11-/m0/s1. The van der Waals surface area contributed by atoms with E-state index in [1.165, 1.54) is 6.07 Å². The van der Waals surface area contributed by atoms with Crippen LogP contribution in [-0.2, 0) is 4.74 Å². The summed E-state index contributed by atoms with van der Waals surface area (Å²) in [7, 11) is 0. The maximum atomic E-state index is 12.5. The van der Waals surface area contributed by atoms with Crippen LogP contribution in [0.25, 0.3) is 0 Å². The summed E-state index contributed by atoms with van der Waals surface area (Å²) in [5, 5.41) is 6.42. The Morgan fingerprint density at radius 3 is 2.81 bits per heavy atom. The molecule has 3 heterocycles. The lowest BCUT2D eigenvalue weighted by Crippen LogP contribution is -2.50. The van der Waals surface area contributed by atoms with E-state index in [0.717, 1.165) is 32.1 Å². The molecule has 2 aliphatic rings. The summed E-state index contributed by atoms with van der Waals surface area (Å²) in [6, 6.07) is 1.34. The third-order valence-corrected chi connectivity index (χ3v) is 4.02. The second-order valence-electron chi connectivity index (χ2n) is 5.39. The summed E-state index contributed by atoms with van der Waals surface area (Å²) in [4.78, 5) is 14.4. The fourth-order valence-corrected chi connectivity index (χ4v) is 2.92. The number of carbonyl (C=O) groups is 1. The average Bonchev–Trinajstić information content (AvgIpc) is 3.19.